The van der Waals surface area contributed by atoms with Crippen molar-refractivity contribution < 1.29 is 4.74 Å². The first-order valence-electron chi connectivity index (χ1n) is 6.79. The lowest BCUT2D eigenvalue weighted by molar-refractivity contribution is 0.480. The topological polar surface area (TPSA) is 34.1 Å². The normalized spacial score (nSPS) is 10.5. The Kier molecular flexibility index (Phi) is 5.89. The zero-order valence-corrected chi connectivity index (χ0v) is 12.7. The average Bonchev–Trinajstić information content (AvgIpc) is 2.49. The third-order valence-corrected chi connectivity index (χ3v) is 3.56. The Morgan fingerprint density at radius 2 is 1.95 bits per heavy atom. The van der Waals surface area contributed by atoms with Gasteiger partial charge in [-0.3, -0.25) is 4.98 Å². The predicted molar refractivity (Wildman–Crippen MR) is 84.5 cm³/mol. The average molecular weight is 288 g/mol. The van der Waals surface area contributed by atoms with Gasteiger partial charge in [-0.05, 0) is 49.6 Å². The zero-order chi connectivity index (χ0) is 14.2. The summed E-state index contributed by atoms with van der Waals surface area (Å²) in [6.07, 6.45) is 4.97. The number of ether oxygens (including phenoxy) is 1. The van der Waals surface area contributed by atoms with E-state index in [1.165, 1.54) is 4.90 Å². The molecular formula is C16H20N2OS. The highest BCUT2D eigenvalue weighted by Crippen LogP contribution is 2.24. The number of thioether (sulfide) groups is 1. The molecule has 0 amide bonds. The molecule has 0 atom stereocenters. The first-order chi connectivity index (χ1) is 9.81. The third-order valence-electron chi connectivity index (χ3n) is 2.82. The summed E-state index contributed by atoms with van der Waals surface area (Å²) in [6.45, 7) is 3.93. The Balaban J connectivity index is 1.99. The quantitative estimate of drug-likeness (QED) is 0.614. The van der Waals surface area contributed by atoms with Crippen molar-refractivity contribution in [2.75, 3.05) is 12.8 Å². The number of aromatic nitrogens is 1. The van der Waals surface area contributed by atoms with Crippen molar-refractivity contribution in [1.29, 1.82) is 0 Å². The van der Waals surface area contributed by atoms with Gasteiger partial charge >= 0.3 is 0 Å². The van der Waals surface area contributed by atoms with Gasteiger partial charge in [0.25, 0.3) is 0 Å². The fraction of sp³-hybridized carbons (Fsp3) is 0.312. The second-order valence-electron chi connectivity index (χ2n) is 4.44. The number of benzene rings is 1. The van der Waals surface area contributed by atoms with E-state index in [1.54, 1.807) is 18.0 Å². The Morgan fingerprint density at radius 3 is 2.65 bits per heavy atom. The molecule has 1 aromatic carbocycles. The largest absolute Gasteiger partial charge is 0.457 e. The highest BCUT2D eigenvalue weighted by Gasteiger charge is 2.00. The molecule has 0 aliphatic heterocycles. The first-order valence-corrected chi connectivity index (χ1v) is 8.02. The summed E-state index contributed by atoms with van der Waals surface area (Å²) in [5.41, 5.74) is 0.997. The minimum absolute atomic E-state index is 0.774. The van der Waals surface area contributed by atoms with Crippen molar-refractivity contribution in [1.82, 2.24) is 10.3 Å². The van der Waals surface area contributed by atoms with Gasteiger partial charge in [-0.15, -0.1) is 11.8 Å². The summed E-state index contributed by atoms with van der Waals surface area (Å²) >= 11 is 1.72. The molecule has 0 bridgehead atoms. The molecule has 0 saturated heterocycles. The Bertz CT molecular complexity index is 528. The van der Waals surface area contributed by atoms with Gasteiger partial charge in [0.1, 0.15) is 11.5 Å². The summed E-state index contributed by atoms with van der Waals surface area (Å²) in [4.78, 5) is 5.57. The Labute approximate surface area is 124 Å². The molecule has 0 spiro atoms. The van der Waals surface area contributed by atoms with Gasteiger partial charge in [0, 0.05) is 23.7 Å². The standard InChI is InChI=1S/C16H20N2OS/c1-3-9-17-12-13-11-15(8-10-18-13)19-14-4-6-16(20-2)7-5-14/h4-8,10-11,17H,3,9,12H2,1-2H3. The highest BCUT2D eigenvalue weighted by atomic mass is 32.2. The van der Waals surface area contributed by atoms with Crippen LogP contribution in [0.4, 0.5) is 0 Å². The number of rotatable bonds is 7. The third kappa shape index (κ3) is 4.54. The molecule has 0 fully saturated rings. The zero-order valence-electron chi connectivity index (χ0n) is 11.9. The van der Waals surface area contributed by atoms with Crippen molar-refractivity contribution in [3.8, 4) is 11.5 Å². The molecule has 3 nitrogen and oxygen atoms in total. The van der Waals surface area contributed by atoms with Gasteiger partial charge < -0.3 is 10.1 Å². The summed E-state index contributed by atoms with van der Waals surface area (Å²) in [5.74, 6) is 1.67. The van der Waals surface area contributed by atoms with Crippen LogP contribution < -0.4 is 10.1 Å². The van der Waals surface area contributed by atoms with Crippen LogP contribution in [0.3, 0.4) is 0 Å². The molecule has 0 radical (unpaired) electrons. The van der Waals surface area contributed by atoms with E-state index in [0.29, 0.717) is 0 Å². The van der Waals surface area contributed by atoms with Gasteiger partial charge in [-0.1, -0.05) is 6.92 Å². The van der Waals surface area contributed by atoms with Crippen LogP contribution in [-0.2, 0) is 6.54 Å². The number of pyridine rings is 1. The van der Waals surface area contributed by atoms with E-state index in [4.69, 9.17) is 4.74 Å². The maximum absolute atomic E-state index is 5.85. The SMILES string of the molecule is CCCNCc1cc(Oc2ccc(SC)cc2)ccn1. The minimum atomic E-state index is 0.774. The van der Waals surface area contributed by atoms with Gasteiger partial charge in [-0.25, -0.2) is 0 Å². The fourth-order valence-electron chi connectivity index (χ4n) is 1.79. The van der Waals surface area contributed by atoms with Crippen molar-refractivity contribution in [2.45, 2.75) is 24.8 Å². The smallest absolute Gasteiger partial charge is 0.130 e. The van der Waals surface area contributed by atoms with Gasteiger partial charge in [0.2, 0.25) is 0 Å². The lowest BCUT2D eigenvalue weighted by atomic mass is 10.3. The lowest BCUT2D eigenvalue weighted by Crippen LogP contribution is -2.14. The van der Waals surface area contributed by atoms with Crippen LogP contribution in [0, 0.1) is 0 Å². The van der Waals surface area contributed by atoms with Crippen molar-refractivity contribution >= 4 is 11.8 Å². The molecule has 0 saturated carbocycles. The van der Waals surface area contributed by atoms with E-state index in [0.717, 1.165) is 36.7 Å². The molecule has 1 aromatic heterocycles. The van der Waals surface area contributed by atoms with Gasteiger partial charge in [0.05, 0.1) is 5.69 Å². The van der Waals surface area contributed by atoms with Crippen LogP contribution in [0.15, 0.2) is 47.5 Å². The van der Waals surface area contributed by atoms with E-state index < -0.39 is 0 Å². The summed E-state index contributed by atoms with van der Waals surface area (Å²) in [6, 6.07) is 12.0. The molecule has 0 aliphatic carbocycles. The molecule has 2 aromatic rings. The Hall–Kier alpha value is -1.52. The van der Waals surface area contributed by atoms with Gasteiger partial charge in [-0.2, -0.15) is 0 Å². The molecule has 0 aliphatic rings. The summed E-state index contributed by atoms with van der Waals surface area (Å²) < 4.78 is 5.85. The fourth-order valence-corrected chi connectivity index (χ4v) is 2.20. The minimum Gasteiger partial charge on any atom is -0.457 e. The van der Waals surface area contributed by atoms with Crippen LogP contribution in [-0.4, -0.2) is 17.8 Å². The van der Waals surface area contributed by atoms with E-state index in [-0.39, 0.29) is 0 Å². The predicted octanol–water partition coefficient (Wildman–Crippen LogP) is 4.10. The van der Waals surface area contributed by atoms with Crippen LogP contribution >= 0.6 is 11.8 Å². The maximum Gasteiger partial charge on any atom is 0.130 e. The van der Waals surface area contributed by atoms with Crippen LogP contribution in [0.25, 0.3) is 0 Å². The lowest BCUT2D eigenvalue weighted by Gasteiger charge is -2.08. The molecule has 20 heavy (non-hydrogen) atoms. The van der Waals surface area contributed by atoms with Crippen LogP contribution in [0.2, 0.25) is 0 Å². The molecule has 1 N–H and O–H groups in total. The number of hydrogen-bond acceptors (Lipinski definition) is 4. The monoisotopic (exact) mass is 288 g/mol. The number of hydrogen-bond donors (Lipinski definition) is 1. The number of nitrogens with zero attached hydrogens (tertiary/aromatic N) is 1. The summed E-state index contributed by atoms with van der Waals surface area (Å²) in [7, 11) is 0. The Morgan fingerprint density at radius 1 is 1.15 bits per heavy atom. The maximum atomic E-state index is 5.85. The first kappa shape index (κ1) is 14.9. The molecule has 2 rings (SSSR count). The highest BCUT2D eigenvalue weighted by molar-refractivity contribution is 7.98. The van der Waals surface area contributed by atoms with E-state index in [9.17, 15) is 0 Å². The molecule has 0 unspecified atom stereocenters. The molecule has 4 heteroatoms. The number of nitrogens with one attached hydrogen (secondary N) is 1. The second kappa shape index (κ2) is 7.92. The van der Waals surface area contributed by atoms with E-state index >= 15 is 0 Å². The van der Waals surface area contributed by atoms with Gasteiger partial charge in [0.15, 0.2) is 0 Å². The van der Waals surface area contributed by atoms with E-state index in [1.807, 2.05) is 24.3 Å². The van der Waals surface area contributed by atoms with Crippen molar-refractivity contribution in [2.24, 2.45) is 0 Å². The summed E-state index contributed by atoms with van der Waals surface area (Å²) in [5, 5.41) is 3.34. The second-order valence-corrected chi connectivity index (χ2v) is 5.32. The molecule has 1 heterocycles. The van der Waals surface area contributed by atoms with E-state index in [2.05, 4.69) is 35.6 Å². The molecule has 106 valence electrons. The van der Waals surface area contributed by atoms with Crippen LogP contribution in [0.1, 0.15) is 19.0 Å². The molecular weight excluding hydrogens is 268 g/mol. The van der Waals surface area contributed by atoms with Crippen LogP contribution in [0.5, 0.6) is 11.5 Å². The van der Waals surface area contributed by atoms with Crippen molar-refractivity contribution in [3.63, 3.8) is 0 Å². The van der Waals surface area contributed by atoms with Crippen molar-refractivity contribution in [3.05, 3.63) is 48.3 Å².